The number of rotatable bonds is 4. The molecular weight excluding hydrogens is 276 g/mol. The molecule has 2 aliphatic rings. The SMILES string of the molecule is CCC1CC(C(=O)O)C(c2nc(C3CCCS3)no2)C1. The predicted molar refractivity (Wildman–Crippen MR) is 75.6 cm³/mol. The first-order valence-corrected chi connectivity index (χ1v) is 8.41. The molecule has 0 amide bonds. The molecule has 2 heterocycles. The number of nitrogens with zero attached hydrogens (tertiary/aromatic N) is 2. The van der Waals surface area contributed by atoms with Crippen molar-refractivity contribution in [2.24, 2.45) is 11.8 Å². The van der Waals surface area contributed by atoms with E-state index in [1.807, 2.05) is 11.8 Å². The summed E-state index contributed by atoms with van der Waals surface area (Å²) in [5, 5.41) is 13.8. The zero-order valence-corrected chi connectivity index (χ0v) is 12.4. The Kier molecular flexibility index (Phi) is 4.01. The number of hydrogen-bond donors (Lipinski definition) is 1. The lowest BCUT2D eigenvalue weighted by atomic mass is 9.96. The standard InChI is InChI=1S/C14H20N2O3S/c1-2-8-6-9(10(7-8)14(17)18)13-15-12(16-19-13)11-4-3-5-20-11/h8-11H,2-7H2,1H3,(H,17,18). The number of thioether (sulfide) groups is 1. The van der Waals surface area contributed by atoms with E-state index in [-0.39, 0.29) is 11.8 Å². The van der Waals surface area contributed by atoms with E-state index in [2.05, 4.69) is 17.1 Å². The Morgan fingerprint density at radius 1 is 1.50 bits per heavy atom. The van der Waals surface area contributed by atoms with Crippen LogP contribution in [0.25, 0.3) is 0 Å². The molecule has 4 unspecified atom stereocenters. The Bertz CT molecular complexity index is 485. The third-order valence-electron chi connectivity index (χ3n) is 4.55. The van der Waals surface area contributed by atoms with Crippen LogP contribution in [0.1, 0.15) is 61.9 Å². The Hall–Kier alpha value is -1.04. The summed E-state index contributed by atoms with van der Waals surface area (Å²) in [4.78, 5) is 15.9. The van der Waals surface area contributed by atoms with Gasteiger partial charge >= 0.3 is 5.97 Å². The molecule has 1 aromatic rings. The molecule has 5 nitrogen and oxygen atoms in total. The summed E-state index contributed by atoms with van der Waals surface area (Å²) in [6.45, 7) is 2.11. The van der Waals surface area contributed by atoms with Crippen molar-refractivity contribution in [2.75, 3.05) is 5.75 Å². The maximum Gasteiger partial charge on any atom is 0.307 e. The summed E-state index contributed by atoms with van der Waals surface area (Å²) in [7, 11) is 0. The van der Waals surface area contributed by atoms with Gasteiger partial charge in [-0.3, -0.25) is 4.79 Å². The van der Waals surface area contributed by atoms with Crippen molar-refractivity contribution in [3.63, 3.8) is 0 Å². The average Bonchev–Trinajstić information content (AvgIpc) is 3.17. The normalized spacial score (nSPS) is 33.6. The number of hydrogen-bond acceptors (Lipinski definition) is 5. The van der Waals surface area contributed by atoms with Gasteiger partial charge in [0.15, 0.2) is 5.82 Å². The van der Waals surface area contributed by atoms with Crippen LogP contribution in [-0.4, -0.2) is 27.0 Å². The molecule has 2 fully saturated rings. The van der Waals surface area contributed by atoms with Crippen LogP contribution in [0.4, 0.5) is 0 Å². The van der Waals surface area contributed by atoms with Gasteiger partial charge in [0.2, 0.25) is 5.89 Å². The quantitative estimate of drug-likeness (QED) is 0.919. The molecule has 0 aromatic carbocycles. The van der Waals surface area contributed by atoms with Crippen LogP contribution in [0, 0.1) is 11.8 Å². The van der Waals surface area contributed by atoms with E-state index in [0.29, 0.717) is 17.1 Å². The highest BCUT2D eigenvalue weighted by Gasteiger charge is 2.42. The monoisotopic (exact) mass is 296 g/mol. The van der Waals surface area contributed by atoms with Crippen molar-refractivity contribution in [2.45, 2.75) is 50.2 Å². The molecule has 4 atom stereocenters. The van der Waals surface area contributed by atoms with Gasteiger partial charge in [-0.25, -0.2) is 0 Å². The molecule has 0 spiro atoms. The molecule has 1 aliphatic heterocycles. The van der Waals surface area contributed by atoms with Gasteiger partial charge in [0, 0.05) is 0 Å². The molecule has 1 saturated carbocycles. The van der Waals surface area contributed by atoms with E-state index in [0.717, 1.165) is 37.3 Å². The molecule has 20 heavy (non-hydrogen) atoms. The van der Waals surface area contributed by atoms with Crippen LogP contribution >= 0.6 is 11.8 Å². The minimum Gasteiger partial charge on any atom is -0.481 e. The number of aromatic nitrogens is 2. The predicted octanol–water partition coefficient (Wildman–Crippen LogP) is 3.24. The molecular formula is C14H20N2O3S. The molecule has 0 bridgehead atoms. The van der Waals surface area contributed by atoms with Gasteiger partial charge in [0.1, 0.15) is 0 Å². The van der Waals surface area contributed by atoms with Crippen LogP contribution in [-0.2, 0) is 4.79 Å². The summed E-state index contributed by atoms with van der Waals surface area (Å²) in [5.74, 6) is 1.68. The molecule has 1 saturated heterocycles. The summed E-state index contributed by atoms with van der Waals surface area (Å²) >= 11 is 1.86. The van der Waals surface area contributed by atoms with Crippen molar-refractivity contribution in [3.8, 4) is 0 Å². The van der Waals surface area contributed by atoms with Gasteiger partial charge in [0.25, 0.3) is 0 Å². The zero-order valence-electron chi connectivity index (χ0n) is 11.6. The van der Waals surface area contributed by atoms with Crippen LogP contribution in [0.15, 0.2) is 4.52 Å². The largest absolute Gasteiger partial charge is 0.481 e. The van der Waals surface area contributed by atoms with E-state index < -0.39 is 5.97 Å². The first kappa shape index (κ1) is 13.9. The van der Waals surface area contributed by atoms with Crippen LogP contribution < -0.4 is 0 Å². The van der Waals surface area contributed by atoms with E-state index >= 15 is 0 Å². The Morgan fingerprint density at radius 3 is 3.00 bits per heavy atom. The van der Waals surface area contributed by atoms with Crippen molar-refractivity contribution in [1.29, 1.82) is 0 Å². The maximum absolute atomic E-state index is 11.4. The van der Waals surface area contributed by atoms with E-state index in [4.69, 9.17) is 4.52 Å². The third-order valence-corrected chi connectivity index (χ3v) is 5.92. The van der Waals surface area contributed by atoms with Gasteiger partial charge in [-0.2, -0.15) is 16.7 Å². The highest BCUT2D eigenvalue weighted by Crippen LogP contribution is 2.45. The van der Waals surface area contributed by atoms with Crippen LogP contribution in [0.5, 0.6) is 0 Å². The first-order valence-electron chi connectivity index (χ1n) is 7.37. The summed E-state index contributed by atoms with van der Waals surface area (Å²) < 4.78 is 5.40. The lowest BCUT2D eigenvalue weighted by Gasteiger charge is -2.10. The van der Waals surface area contributed by atoms with Crippen molar-refractivity contribution >= 4 is 17.7 Å². The summed E-state index contributed by atoms with van der Waals surface area (Å²) in [6.07, 6.45) is 4.88. The Balaban J connectivity index is 1.78. The van der Waals surface area contributed by atoms with E-state index in [1.165, 1.54) is 6.42 Å². The highest BCUT2D eigenvalue weighted by atomic mass is 32.2. The van der Waals surface area contributed by atoms with Crippen LogP contribution in [0.2, 0.25) is 0 Å². The molecule has 3 rings (SSSR count). The van der Waals surface area contributed by atoms with Gasteiger partial charge in [-0.05, 0) is 37.4 Å². The highest BCUT2D eigenvalue weighted by molar-refractivity contribution is 7.99. The fourth-order valence-corrected chi connectivity index (χ4v) is 4.53. The minimum atomic E-state index is -0.735. The second kappa shape index (κ2) is 5.76. The second-order valence-electron chi connectivity index (χ2n) is 5.79. The Labute approximate surface area is 122 Å². The lowest BCUT2D eigenvalue weighted by Crippen LogP contribution is -2.17. The minimum absolute atomic E-state index is 0.106. The molecule has 1 N–H and O–H groups in total. The summed E-state index contributed by atoms with van der Waals surface area (Å²) in [5.41, 5.74) is 0. The number of carboxylic acids is 1. The topological polar surface area (TPSA) is 76.2 Å². The number of aliphatic carboxylic acids is 1. The van der Waals surface area contributed by atoms with E-state index in [1.54, 1.807) is 0 Å². The molecule has 1 aliphatic carbocycles. The first-order chi connectivity index (χ1) is 9.69. The average molecular weight is 296 g/mol. The van der Waals surface area contributed by atoms with Crippen molar-refractivity contribution in [3.05, 3.63) is 11.7 Å². The van der Waals surface area contributed by atoms with Gasteiger partial charge in [0.05, 0.1) is 17.1 Å². The van der Waals surface area contributed by atoms with Gasteiger partial charge in [-0.15, -0.1) is 0 Å². The van der Waals surface area contributed by atoms with Gasteiger partial charge < -0.3 is 9.63 Å². The fraction of sp³-hybridized carbons (Fsp3) is 0.786. The number of carboxylic acid groups (broad SMARTS) is 1. The maximum atomic E-state index is 11.4. The molecule has 0 radical (unpaired) electrons. The summed E-state index contributed by atoms with van der Waals surface area (Å²) in [6, 6.07) is 0. The van der Waals surface area contributed by atoms with Gasteiger partial charge in [-0.1, -0.05) is 18.5 Å². The van der Waals surface area contributed by atoms with Crippen molar-refractivity contribution < 1.29 is 14.4 Å². The van der Waals surface area contributed by atoms with Crippen LogP contribution in [0.3, 0.4) is 0 Å². The number of carbonyl (C=O) groups is 1. The van der Waals surface area contributed by atoms with Crippen molar-refractivity contribution in [1.82, 2.24) is 10.1 Å². The molecule has 1 aromatic heterocycles. The third kappa shape index (κ3) is 2.57. The van der Waals surface area contributed by atoms with E-state index in [9.17, 15) is 9.90 Å². The smallest absolute Gasteiger partial charge is 0.307 e. The zero-order chi connectivity index (χ0) is 14.1. The fourth-order valence-electron chi connectivity index (χ4n) is 3.33. The Morgan fingerprint density at radius 2 is 2.35 bits per heavy atom. The lowest BCUT2D eigenvalue weighted by molar-refractivity contribution is -0.142. The molecule has 110 valence electrons. The second-order valence-corrected chi connectivity index (χ2v) is 7.10. The molecule has 6 heteroatoms.